The molecule has 7 nitrogen and oxygen atoms in total. The topological polar surface area (TPSA) is 89.0 Å². The number of amides is 1. The molecular weight excluding hydrogens is 238 g/mol. The maximum absolute atomic E-state index is 11.4. The highest BCUT2D eigenvalue weighted by molar-refractivity contribution is 6.37. The van der Waals surface area contributed by atoms with Gasteiger partial charge in [0.2, 0.25) is 0 Å². The minimum Gasteiger partial charge on any atom is -0.461 e. The van der Waals surface area contributed by atoms with E-state index in [0.717, 1.165) is 0 Å². The van der Waals surface area contributed by atoms with Gasteiger partial charge in [0, 0.05) is 6.54 Å². The fourth-order valence-corrected chi connectivity index (χ4v) is 0.953. The number of hydrogen-bond acceptors (Lipinski definition) is 6. The van der Waals surface area contributed by atoms with Gasteiger partial charge in [0.25, 0.3) is 0 Å². The lowest BCUT2D eigenvalue weighted by molar-refractivity contribution is -0.135. The molecule has 0 atom stereocenters. The van der Waals surface area contributed by atoms with Crippen LogP contribution < -0.4 is 10.7 Å². The summed E-state index contributed by atoms with van der Waals surface area (Å²) in [7, 11) is 1.65. The average Bonchev–Trinajstić information content (AvgIpc) is 2.21. The second-order valence-corrected chi connectivity index (χ2v) is 4.42. The molecule has 2 N–H and O–H groups in total. The predicted molar refractivity (Wildman–Crippen MR) is 67.4 cm³/mol. The standard InChI is InChI=1S/C11H21N3O4/c1-6-17-9(15)8(7-12-5)13-14-10(16)18-11(2,3)4/h12H,6-7H2,1-5H3,(H,14,16). The van der Waals surface area contributed by atoms with Gasteiger partial charge < -0.3 is 14.8 Å². The fourth-order valence-electron chi connectivity index (χ4n) is 0.953. The number of ether oxygens (including phenoxy) is 2. The van der Waals surface area contributed by atoms with Crippen molar-refractivity contribution >= 4 is 17.8 Å². The molecule has 0 saturated carbocycles. The Balaban J connectivity index is 4.48. The van der Waals surface area contributed by atoms with Gasteiger partial charge in [0.05, 0.1) is 6.61 Å². The smallest absolute Gasteiger partial charge is 0.428 e. The molecule has 0 heterocycles. The van der Waals surface area contributed by atoms with Crippen molar-refractivity contribution in [3.05, 3.63) is 0 Å². The highest BCUT2D eigenvalue weighted by Crippen LogP contribution is 2.06. The Morgan fingerprint density at radius 1 is 1.28 bits per heavy atom. The number of hydrogen-bond donors (Lipinski definition) is 2. The van der Waals surface area contributed by atoms with Crippen LogP contribution in [0.3, 0.4) is 0 Å². The van der Waals surface area contributed by atoms with Gasteiger partial charge in [-0.15, -0.1) is 0 Å². The van der Waals surface area contributed by atoms with Crippen molar-refractivity contribution in [1.29, 1.82) is 0 Å². The number of nitrogens with one attached hydrogen (secondary N) is 2. The van der Waals surface area contributed by atoms with Gasteiger partial charge in [-0.2, -0.15) is 5.10 Å². The first-order chi connectivity index (χ1) is 8.30. The van der Waals surface area contributed by atoms with Crippen LogP contribution in [-0.4, -0.2) is 43.6 Å². The summed E-state index contributed by atoms with van der Waals surface area (Å²) >= 11 is 0. The van der Waals surface area contributed by atoms with Crippen molar-refractivity contribution in [3.63, 3.8) is 0 Å². The summed E-state index contributed by atoms with van der Waals surface area (Å²) in [5.74, 6) is -0.581. The highest BCUT2D eigenvalue weighted by Gasteiger charge is 2.17. The Morgan fingerprint density at radius 3 is 2.33 bits per heavy atom. The minimum atomic E-state index is -0.722. The van der Waals surface area contributed by atoms with Crippen LogP contribution in [0, 0.1) is 0 Å². The first kappa shape index (κ1) is 16.4. The number of esters is 1. The van der Waals surface area contributed by atoms with Crippen molar-refractivity contribution in [1.82, 2.24) is 10.7 Å². The molecule has 0 saturated heterocycles. The number of nitrogens with zero attached hydrogens (tertiary/aromatic N) is 1. The van der Waals surface area contributed by atoms with Gasteiger partial charge in [-0.25, -0.2) is 15.0 Å². The van der Waals surface area contributed by atoms with E-state index in [1.54, 1.807) is 34.7 Å². The van der Waals surface area contributed by atoms with E-state index in [2.05, 4.69) is 15.8 Å². The van der Waals surface area contributed by atoms with E-state index in [1.807, 2.05) is 0 Å². The van der Waals surface area contributed by atoms with E-state index < -0.39 is 17.7 Å². The van der Waals surface area contributed by atoms with Gasteiger partial charge in [-0.3, -0.25) is 0 Å². The summed E-state index contributed by atoms with van der Waals surface area (Å²) in [6.07, 6.45) is -0.722. The minimum absolute atomic E-state index is 0.0743. The molecule has 0 radical (unpaired) electrons. The average molecular weight is 259 g/mol. The van der Waals surface area contributed by atoms with E-state index >= 15 is 0 Å². The molecule has 0 spiro atoms. The molecule has 0 bridgehead atoms. The second-order valence-electron chi connectivity index (χ2n) is 4.42. The van der Waals surface area contributed by atoms with Crippen molar-refractivity contribution in [3.8, 4) is 0 Å². The van der Waals surface area contributed by atoms with Crippen molar-refractivity contribution < 1.29 is 19.1 Å². The largest absolute Gasteiger partial charge is 0.461 e. The van der Waals surface area contributed by atoms with Crippen molar-refractivity contribution in [2.24, 2.45) is 5.10 Å². The SMILES string of the molecule is CCOC(=O)C(CNC)=NNC(=O)OC(C)(C)C. The van der Waals surface area contributed by atoms with E-state index in [1.165, 1.54) is 0 Å². The first-order valence-corrected chi connectivity index (χ1v) is 5.67. The van der Waals surface area contributed by atoms with Crippen LogP contribution in [0.4, 0.5) is 4.79 Å². The third-order valence-electron chi connectivity index (χ3n) is 1.54. The van der Waals surface area contributed by atoms with Crippen LogP contribution in [0.2, 0.25) is 0 Å². The molecule has 0 fully saturated rings. The zero-order chi connectivity index (χ0) is 14.2. The third kappa shape index (κ3) is 7.61. The van der Waals surface area contributed by atoms with Gasteiger partial charge in [-0.05, 0) is 34.7 Å². The summed E-state index contributed by atoms with van der Waals surface area (Å²) in [4.78, 5) is 22.8. The zero-order valence-electron chi connectivity index (χ0n) is 11.5. The summed E-state index contributed by atoms with van der Waals surface area (Å²) in [6, 6.07) is 0. The van der Waals surface area contributed by atoms with Crippen LogP contribution >= 0.6 is 0 Å². The first-order valence-electron chi connectivity index (χ1n) is 5.67. The molecule has 0 aliphatic heterocycles. The van der Waals surface area contributed by atoms with Crippen LogP contribution in [0.15, 0.2) is 5.10 Å². The normalized spacial score (nSPS) is 11.9. The Labute approximate surface area is 107 Å². The van der Waals surface area contributed by atoms with Crippen LogP contribution in [-0.2, 0) is 14.3 Å². The highest BCUT2D eigenvalue weighted by atomic mass is 16.6. The van der Waals surface area contributed by atoms with Gasteiger partial charge in [0.1, 0.15) is 5.60 Å². The maximum Gasteiger partial charge on any atom is 0.428 e. The maximum atomic E-state index is 11.4. The number of hydrazone groups is 1. The Hall–Kier alpha value is -1.63. The third-order valence-corrected chi connectivity index (χ3v) is 1.54. The lowest BCUT2D eigenvalue weighted by Gasteiger charge is -2.18. The van der Waals surface area contributed by atoms with E-state index in [9.17, 15) is 9.59 Å². The lowest BCUT2D eigenvalue weighted by atomic mass is 10.2. The van der Waals surface area contributed by atoms with E-state index in [4.69, 9.17) is 9.47 Å². The fraction of sp³-hybridized carbons (Fsp3) is 0.727. The molecule has 0 aromatic carbocycles. The molecule has 0 aromatic heterocycles. The van der Waals surface area contributed by atoms with E-state index in [0.29, 0.717) is 0 Å². The summed E-state index contributed by atoms with van der Waals surface area (Å²) in [5.41, 5.74) is 1.61. The summed E-state index contributed by atoms with van der Waals surface area (Å²) in [6.45, 7) is 7.32. The zero-order valence-corrected chi connectivity index (χ0v) is 11.5. The van der Waals surface area contributed by atoms with Crippen LogP contribution in [0.5, 0.6) is 0 Å². The van der Waals surface area contributed by atoms with Crippen molar-refractivity contribution in [2.45, 2.75) is 33.3 Å². The summed E-state index contributed by atoms with van der Waals surface area (Å²) in [5, 5.41) is 6.43. The molecule has 0 rings (SSSR count). The quantitative estimate of drug-likeness (QED) is 0.430. The number of carbonyl (C=O) groups excluding carboxylic acids is 2. The molecule has 0 aliphatic carbocycles. The Bertz CT molecular complexity index is 321. The second kappa shape index (κ2) is 7.65. The Kier molecular flexibility index (Phi) is 6.96. The molecule has 18 heavy (non-hydrogen) atoms. The molecule has 0 aromatic rings. The number of rotatable bonds is 5. The van der Waals surface area contributed by atoms with Gasteiger partial charge >= 0.3 is 12.1 Å². The molecule has 0 aliphatic rings. The van der Waals surface area contributed by atoms with Gasteiger partial charge in [0.15, 0.2) is 5.71 Å². The monoisotopic (exact) mass is 259 g/mol. The summed E-state index contributed by atoms with van der Waals surface area (Å²) < 4.78 is 9.76. The molecule has 7 heteroatoms. The molecule has 104 valence electrons. The van der Waals surface area contributed by atoms with Crippen LogP contribution in [0.25, 0.3) is 0 Å². The molecule has 0 unspecified atom stereocenters. The van der Waals surface area contributed by atoms with Gasteiger partial charge in [-0.1, -0.05) is 0 Å². The van der Waals surface area contributed by atoms with Crippen molar-refractivity contribution in [2.75, 3.05) is 20.2 Å². The lowest BCUT2D eigenvalue weighted by Crippen LogP contribution is -2.34. The van der Waals surface area contributed by atoms with Crippen LogP contribution in [0.1, 0.15) is 27.7 Å². The van der Waals surface area contributed by atoms with E-state index in [-0.39, 0.29) is 18.9 Å². The number of carbonyl (C=O) groups is 2. The molecular formula is C11H21N3O4. The Morgan fingerprint density at radius 2 is 1.89 bits per heavy atom. The molecule has 1 amide bonds. The predicted octanol–water partition coefficient (Wildman–Crippen LogP) is 0.650.